The van der Waals surface area contributed by atoms with Gasteiger partial charge in [0.15, 0.2) is 0 Å². The highest BCUT2D eigenvalue weighted by molar-refractivity contribution is 7.09. The number of carbonyl (C=O) groups excluding carboxylic acids is 1. The van der Waals surface area contributed by atoms with Crippen molar-refractivity contribution in [2.45, 2.75) is 41.5 Å². The molecule has 0 amide bonds. The van der Waals surface area contributed by atoms with Gasteiger partial charge >= 0.3 is 5.97 Å². The second-order valence-corrected chi connectivity index (χ2v) is 6.01. The maximum Gasteiger partial charge on any atom is 0.316 e. The highest BCUT2D eigenvalue weighted by Crippen LogP contribution is 2.41. The summed E-state index contributed by atoms with van der Waals surface area (Å²) in [6.45, 7) is 12.7. The van der Waals surface area contributed by atoms with Gasteiger partial charge in [-0.05, 0) is 26.2 Å². The molecule has 0 heterocycles. The zero-order chi connectivity index (χ0) is 13.7. The molecule has 0 aromatic heterocycles. The van der Waals surface area contributed by atoms with Gasteiger partial charge in [0.25, 0.3) is 0 Å². The molecule has 0 bridgehead atoms. The molecule has 0 spiro atoms. The van der Waals surface area contributed by atoms with Crippen molar-refractivity contribution in [3.05, 3.63) is 11.6 Å². The normalized spacial score (nSPS) is 15.0. The highest BCUT2D eigenvalue weighted by Gasteiger charge is 2.43. The second-order valence-electron chi connectivity index (χ2n) is 5.68. The van der Waals surface area contributed by atoms with Crippen LogP contribution in [-0.4, -0.2) is 19.2 Å². The van der Waals surface area contributed by atoms with E-state index in [0.717, 1.165) is 5.57 Å². The summed E-state index contributed by atoms with van der Waals surface area (Å²) in [6.07, 6.45) is 1.98. The quantitative estimate of drug-likeness (QED) is 0.329. The van der Waals surface area contributed by atoms with Crippen LogP contribution in [0.1, 0.15) is 41.5 Å². The van der Waals surface area contributed by atoms with Crippen LogP contribution in [0.2, 0.25) is 0 Å². The Kier molecular flexibility index (Phi) is 6.36. The molecule has 0 saturated heterocycles. The molecule has 2 atom stereocenters. The molecule has 0 rings (SSSR count). The summed E-state index contributed by atoms with van der Waals surface area (Å²) in [5.41, 5.74) is 0.303. The number of rotatable bonds is 5. The lowest BCUT2D eigenvalue weighted by atomic mass is 9.67. The third-order valence-corrected chi connectivity index (χ3v) is 3.23. The van der Waals surface area contributed by atoms with E-state index in [1.54, 1.807) is 0 Å². The van der Waals surface area contributed by atoms with Crippen molar-refractivity contribution in [1.82, 2.24) is 0 Å². The largest absolute Gasteiger partial charge is 0.463 e. The summed E-state index contributed by atoms with van der Waals surface area (Å²) < 4.78 is 10.0. The number of esters is 1. The second kappa shape index (κ2) is 6.51. The van der Waals surface area contributed by atoms with Crippen LogP contribution < -0.4 is 0 Å². The summed E-state index contributed by atoms with van der Waals surface area (Å²) in [7, 11) is 2.14. The zero-order valence-electron chi connectivity index (χ0n) is 11.8. The Morgan fingerprint density at radius 1 is 1.18 bits per heavy atom. The minimum atomic E-state index is -0.618. The lowest BCUT2D eigenvalue weighted by Crippen LogP contribution is -2.40. The summed E-state index contributed by atoms with van der Waals surface area (Å²) in [5, 5.41) is 0. The smallest absolute Gasteiger partial charge is 0.316 e. The Morgan fingerprint density at radius 3 is 2.06 bits per heavy atom. The van der Waals surface area contributed by atoms with Gasteiger partial charge in [-0.2, -0.15) is 0 Å². The van der Waals surface area contributed by atoms with Crippen LogP contribution in [0.4, 0.5) is 0 Å². The van der Waals surface area contributed by atoms with Crippen molar-refractivity contribution in [3.63, 3.8) is 0 Å². The number of hydrogen-bond acceptors (Lipinski definition) is 3. The first-order valence-electron chi connectivity index (χ1n) is 5.80. The van der Waals surface area contributed by atoms with Gasteiger partial charge in [-0.25, -0.2) is 0 Å². The minimum Gasteiger partial charge on any atom is -0.463 e. The maximum atomic E-state index is 12.2. The van der Waals surface area contributed by atoms with Crippen molar-refractivity contribution in [3.8, 4) is 0 Å². The first-order valence-corrected chi connectivity index (χ1v) is 6.27. The van der Waals surface area contributed by atoms with Gasteiger partial charge in [0.2, 0.25) is 0 Å². The van der Waals surface area contributed by atoms with Crippen molar-refractivity contribution >= 4 is 15.4 Å². The molecule has 0 aliphatic carbocycles. The average Bonchev–Trinajstić information content (AvgIpc) is 2.15. The van der Waals surface area contributed by atoms with Gasteiger partial charge in [0, 0.05) is 9.47 Å². The van der Waals surface area contributed by atoms with Crippen LogP contribution in [0.3, 0.4) is 0 Å². The fraction of sp³-hybridized carbons (Fsp3) is 0.769. The van der Waals surface area contributed by atoms with Crippen LogP contribution in [-0.2, 0) is 14.1 Å². The van der Waals surface area contributed by atoms with E-state index in [2.05, 4.69) is 9.47 Å². The van der Waals surface area contributed by atoms with Crippen LogP contribution >= 0.6 is 9.47 Å². The Morgan fingerprint density at radius 2 is 1.71 bits per heavy atom. The van der Waals surface area contributed by atoms with Crippen molar-refractivity contribution < 1.29 is 14.1 Å². The van der Waals surface area contributed by atoms with E-state index in [0.29, 0.717) is 6.61 Å². The van der Waals surface area contributed by atoms with E-state index in [1.165, 1.54) is 0 Å². The number of carbonyl (C=O) groups is 1. The van der Waals surface area contributed by atoms with E-state index in [-0.39, 0.29) is 18.0 Å². The Bertz CT molecular complexity index is 288. The molecule has 2 unspecified atom stereocenters. The first kappa shape index (κ1) is 16.6. The van der Waals surface area contributed by atoms with E-state index >= 15 is 0 Å². The summed E-state index contributed by atoms with van der Waals surface area (Å²) >= 11 is 0. The fourth-order valence-corrected chi connectivity index (χ4v) is 1.59. The molecule has 3 nitrogen and oxygen atoms in total. The van der Waals surface area contributed by atoms with E-state index in [1.807, 2.05) is 47.6 Å². The molecule has 0 aromatic rings. The van der Waals surface area contributed by atoms with Crippen molar-refractivity contribution in [1.29, 1.82) is 0 Å². The third kappa shape index (κ3) is 4.77. The summed E-state index contributed by atoms with van der Waals surface area (Å²) in [6, 6.07) is 0. The maximum absolute atomic E-state index is 12.2. The fourth-order valence-electron chi connectivity index (χ4n) is 1.49. The van der Waals surface area contributed by atoms with Gasteiger partial charge in [-0.1, -0.05) is 32.4 Å². The van der Waals surface area contributed by atoms with Gasteiger partial charge in [-0.15, -0.1) is 0 Å². The van der Waals surface area contributed by atoms with Crippen molar-refractivity contribution in [2.24, 2.45) is 10.8 Å². The molecular weight excluding hydrogens is 235 g/mol. The number of hydrogen-bond donors (Lipinski definition) is 0. The minimum absolute atomic E-state index is 0.191. The van der Waals surface area contributed by atoms with Gasteiger partial charge in [-0.3, -0.25) is 4.79 Å². The lowest BCUT2D eigenvalue weighted by molar-refractivity contribution is -0.158. The van der Waals surface area contributed by atoms with E-state index in [9.17, 15) is 4.79 Å². The summed E-state index contributed by atoms with van der Waals surface area (Å²) in [4.78, 5) is 12.2. The Labute approximate surface area is 107 Å². The molecule has 0 radical (unpaired) electrons. The van der Waals surface area contributed by atoms with Crippen molar-refractivity contribution in [2.75, 3.05) is 13.2 Å². The molecule has 0 aliphatic rings. The Hall–Kier alpha value is -0.400. The molecule has 0 aliphatic heterocycles. The Balaban J connectivity index is 4.95. The molecule has 17 heavy (non-hydrogen) atoms. The van der Waals surface area contributed by atoms with E-state index in [4.69, 9.17) is 9.26 Å². The SMILES string of the molecule is CC(C)=CC(C)(C(=O)OCCOP)C(C)(C)C. The number of ether oxygens (including phenoxy) is 1. The highest BCUT2D eigenvalue weighted by atomic mass is 31.0. The molecular formula is C13H25O3P. The number of allylic oxidation sites excluding steroid dienone is 1. The predicted molar refractivity (Wildman–Crippen MR) is 73.6 cm³/mol. The molecule has 0 fully saturated rings. The van der Waals surface area contributed by atoms with Crippen LogP contribution in [0, 0.1) is 10.8 Å². The van der Waals surface area contributed by atoms with Gasteiger partial charge < -0.3 is 9.26 Å². The first-order chi connectivity index (χ1) is 7.65. The topological polar surface area (TPSA) is 35.5 Å². The molecule has 100 valence electrons. The van der Waals surface area contributed by atoms with E-state index < -0.39 is 5.41 Å². The molecule has 0 aromatic carbocycles. The molecule has 0 N–H and O–H groups in total. The average molecular weight is 260 g/mol. The molecule has 4 heteroatoms. The van der Waals surface area contributed by atoms with Crippen LogP contribution in [0.15, 0.2) is 11.6 Å². The van der Waals surface area contributed by atoms with Gasteiger partial charge in [0.05, 0.1) is 12.0 Å². The zero-order valence-corrected chi connectivity index (χ0v) is 12.9. The third-order valence-electron chi connectivity index (χ3n) is 2.99. The lowest BCUT2D eigenvalue weighted by Gasteiger charge is -2.37. The summed E-state index contributed by atoms with van der Waals surface area (Å²) in [5.74, 6) is -0.201. The monoisotopic (exact) mass is 260 g/mol. The standard InChI is InChI=1S/C13H25O3P/c1-10(2)9-13(6,12(3,4)5)11(14)15-7-8-16-17/h9H,7-8,17H2,1-6H3. The van der Waals surface area contributed by atoms with Crippen LogP contribution in [0.25, 0.3) is 0 Å². The predicted octanol–water partition coefficient (Wildman–Crippen LogP) is 3.35. The van der Waals surface area contributed by atoms with Crippen LogP contribution in [0.5, 0.6) is 0 Å². The van der Waals surface area contributed by atoms with Gasteiger partial charge in [0.1, 0.15) is 6.61 Å². The molecule has 0 saturated carbocycles.